The van der Waals surface area contributed by atoms with Crippen molar-refractivity contribution < 1.29 is 24.3 Å². The molecule has 186 valence electrons. The Morgan fingerprint density at radius 3 is 2.63 bits per heavy atom. The van der Waals surface area contributed by atoms with E-state index in [1.54, 1.807) is 18.3 Å². The van der Waals surface area contributed by atoms with E-state index in [-0.39, 0.29) is 12.2 Å². The molecule has 1 aliphatic heterocycles. The first-order chi connectivity index (χ1) is 16.7. The number of fused-ring (bicyclic) bond motifs is 1. The molecule has 1 saturated carbocycles. The lowest BCUT2D eigenvalue weighted by molar-refractivity contribution is -0.143. The molecule has 0 bridgehead atoms. The Bertz CT molecular complexity index is 1130. The number of nitrogens with one attached hydrogen (secondary N) is 3. The summed E-state index contributed by atoms with van der Waals surface area (Å²) in [6, 6.07) is 2.09. The summed E-state index contributed by atoms with van der Waals surface area (Å²) >= 11 is 1.33. The summed E-state index contributed by atoms with van der Waals surface area (Å²) in [6.45, 7) is 3.45. The average molecular weight is 501 g/mol. The number of likely N-dealkylation sites (N-methyl/N-ethyl adjacent to an activating group) is 1. The highest BCUT2D eigenvalue weighted by Gasteiger charge is 2.37. The molecule has 12 heteroatoms. The maximum absolute atomic E-state index is 13.0. The topological polar surface area (TPSA) is 154 Å². The monoisotopic (exact) mass is 500 g/mol. The Morgan fingerprint density at radius 2 is 1.91 bits per heavy atom. The minimum Gasteiger partial charge on any atom is -0.481 e. The first-order valence-electron chi connectivity index (χ1n) is 11.4. The first-order valence-corrected chi connectivity index (χ1v) is 12.3. The summed E-state index contributed by atoms with van der Waals surface area (Å²) in [6.07, 6.45) is 3.11. The van der Waals surface area contributed by atoms with Crippen molar-refractivity contribution >= 4 is 40.8 Å². The number of carboxylic acid groups (broad SMARTS) is 1. The molecule has 35 heavy (non-hydrogen) atoms. The highest BCUT2D eigenvalue weighted by Crippen LogP contribution is 2.27. The summed E-state index contributed by atoms with van der Waals surface area (Å²) in [7, 11) is 2.01. The summed E-state index contributed by atoms with van der Waals surface area (Å²) < 4.78 is 0. The van der Waals surface area contributed by atoms with Gasteiger partial charge in [0.2, 0.25) is 0 Å². The van der Waals surface area contributed by atoms with Crippen molar-refractivity contribution in [1.29, 1.82) is 0 Å². The van der Waals surface area contributed by atoms with Gasteiger partial charge in [0.1, 0.15) is 5.82 Å². The number of nitrogens with zero attached hydrogens (tertiary/aromatic N) is 3. The van der Waals surface area contributed by atoms with Crippen LogP contribution in [0.15, 0.2) is 18.3 Å². The van der Waals surface area contributed by atoms with Crippen LogP contribution in [0.1, 0.15) is 45.2 Å². The normalized spacial score (nSPS) is 22.1. The molecule has 3 amide bonds. The van der Waals surface area contributed by atoms with E-state index in [1.807, 2.05) is 14.0 Å². The highest BCUT2D eigenvalue weighted by molar-refractivity contribution is 7.13. The Hall–Kier alpha value is -3.38. The number of aliphatic carboxylic acids is 1. The zero-order chi connectivity index (χ0) is 25.1. The van der Waals surface area contributed by atoms with E-state index < -0.39 is 41.7 Å². The van der Waals surface area contributed by atoms with Gasteiger partial charge in [-0.2, -0.15) is 0 Å². The lowest BCUT2D eigenvalue weighted by Gasteiger charge is -2.35. The molecule has 0 saturated heterocycles. The fraction of sp³-hybridized carbons (Fsp3) is 0.478. The lowest BCUT2D eigenvalue weighted by Crippen LogP contribution is -2.56. The standard InChI is InChI=1S/C23H28N6O5S/c1-12-3-6-18(24-10-12)28-20(31)19(30)25-14-5-4-13(23(33)34)9-16(14)26-21(32)22-27-15-7-8-29(2)11-17(15)35-22/h3,6,10,13-14,16H,4-5,7-9,11H2,1-2H3,(H,25,30)(H,26,32)(H,33,34)(H,24,28,31)/t13-,14-,16+/m0/s1. The molecule has 11 nitrogen and oxygen atoms in total. The largest absolute Gasteiger partial charge is 0.481 e. The molecule has 1 aliphatic carbocycles. The van der Waals surface area contributed by atoms with Crippen LogP contribution < -0.4 is 16.0 Å². The van der Waals surface area contributed by atoms with Gasteiger partial charge in [-0.05, 0) is 44.9 Å². The molecule has 0 spiro atoms. The molecular formula is C23H28N6O5S. The Morgan fingerprint density at radius 1 is 1.11 bits per heavy atom. The van der Waals surface area contributed by atoms with Crippen LogP contribution in [0.4, 0.5) is 5.82 Å². The Labute approximate surface area is 206 Å². The van der Waals surface area contributed by atoms with E-state index in [1.165, 1.54) is 11.3 Å². The van der Waals surface area contributed by atoms with Crippen LogP contribution in [0.3, 0.4) is 0 Å². The van der Waals surface area contributed by atoms with Crippen molar-refractivity contribution in [2.75, 3.05) is 18.9 Å². The molecule has 1 fully saturated rings. The fourth-order valence-electron chi connectivity index (χ4n) is 4.33. The van der Waals surface area contributed by atoms with Crippen LogP contribution in [0.5, 0.6) is 0 Å². The number of hydrogen-bond donors (Lipinski definition) is 4. The Balaban J connectivity index is 1.43. The molecule has 3 atom stereocenters. The van der Waals surface area contributed by atoms with Gasteiger partial charge in [0.25, 0.3) is 5.91 Å². The number of carbonyl (C=O) groups excluding carboxylic acids is 3. The first kappa shape index (κ1) is 24.7. The third-order valence-corrected chi connectivity index (χ3v) is 7.39. The van der Waals surface area contributed by atoms with Crippen molar-refractivity contribution in [2.24, 2.45) is 5.92 Å². The second kappa shape index (κ2) is 10.5. The van der Waals surface area contributed by atoms with Gasteiger partial charge in [-0.15, -0.1) is 11.3 Å². The van der Waals surface area contributed by atoms with Crippen LogP contribution in [0, 0.1) is 12.8 Å². The van der Waals surface area contributed by atoms with Gasteiger partial charge >= 0.3 is 17.8 Å². The maximum Gasteiger partial charge on any atom is 0.314 e. The van der Waals surface area contributed by atoms with Gasteiger partial charge in [0.05, 0.1) is 17.7 Å². The number of aromatic nitrogens is 2. The minimum atomic E-state index is -0.954. The van der Waals surface area contributed by atoms with Crippen molar-refractivity contribution in [3.05, 3.63) is 39.5 Å². The summed E-state index contributed by atoms with van der Waals surface area (Å²) in [4.78, 5) is 61.3. The van der Waals surface area contributed by atoms with Crippen LogP contribution in [-0.2, 0) is 27.3 Å². The molecule has 0 unspecified atom stereocenters. The minimum absolute atomic E-state index is 0.140. The van der Waals surface area contributed by atoms with Gasteiger partial charge in [-0.1, -0.05) is 6.07 Å². The number of amides is 3. The second-order valence-electron chi connectivity index (χ2n) is 9.06. The number of carbonyl (C=O) groups is 4. The van der Waals surface area contributed by atoms with Gasteiger partial charge in [-0.3, -0.25) is 19.2 Å². The second-order valence-corrected chi connectivity index (χ2v) is 10.1. The number of aryl methyl sites for hydroxylation is 1. The third kappa shape index (κ3) is 6.01. The van der Waals surface area contributed by atoms with E-state index in [9.17, 15) is 24.3 Å². The molecule has 4 N–H and O–H groups in total. The highest BCUT2D eigenvalue weighted by atomic mass is 32.1. The molecule has 2 aromatic heterocycles. The molecule has 0 radical (unpaired) electrons. The number of hydrogen-bond acceptors (Lipinski definition) is 8. The smallest absolute Gasteiger partial charge is 0.314 e. The third-order valence-electron chi connectivity index (χ3n) is 6.31. The van der Waals surface area contributed by atoms with Crippen LogP contribution in [0.25, 0.3) is 0 Å². The van der Waals surface area contributed by atoms with E-state index in [2.05, 4.69) is 30.8 Å². The van der Waals surface area contributed by atoms with Gasteiger partial charge in [-0.25, -0.2) is 9.97 Å². The number of anilines is 1. The maximum atomic E-state index is 13.0. The van der Waals surface area contributed by atoms with E-state index in [4.69, 9.17) is 0 Å². The average Bonchev–Trinajstić information content (AvgIpc) is 3.25. The lowest BCUT2D eigenvalue weighted by atomic mass is 9.82. The molecular weight excluding hydrogens is 472 g/mol. The molecule has 2 aromatic rings. The number of rotatable bonds is 5. The van der Waals surface area contributed by atoms with Crippen LogP contribution in [0.2, 0.25) is 0 Å². The quantitative estimate of drug-likeness (QED) is 0.443. The SMILES string of the molecule is Cc1ccc(NC(=O)C(=O)N[C@H]2CC[C@H](C(=O)O)C[C@H]2NC(=O)c2nc3c(s2)CN(C)CC3)nc1. The number of thiazole rings is 1. The van der Waals surface area contributed by atoms with Crippen molar-refractivity contribution in [3.63, 3.8) is 0 Å². The van der Waals surface area contributed by atoms with Crippen molar-refractivity contribution in [3.8, 4) is 0 Å². The summed E-state index contributed by atoms with van der Waals surface area (Å²) in [5.41, 5.74) is 1.82. The molecule has 0 aromatic carbocycles. The molecule has 2 aliphatic rings. The number of pyridine rings is 1. The zero-order valence-corrected chi connectivity index (χ0v) is 20.4. The predicted octanol–water partition coefficient (Wildman–Crippen LogP) is 0.941. The van der Waals surface area contributed by atoms with Crippen LogP contribution in [-0.4, -0.2) is 69.3 Å². The van der Waals surface area contributed by atoms with Gasteiger partial charge in [0, 0.05) is 36.6 Å². The van der Waals surface area contributed by atoms with Crippen molar-refractivity contribution in [1.82, 2.24) is 25.5 Å². The Kier molecular flexibility index (Phi) is 7.41. The summed E-state index contributed by atoms with van der Waals surface area (Å²) in [5.74, 6) is -3.53. The van der Waals surface area contributed by atoms with Gasteiger partial charge < -0.3 is 26.0 Å². The van der Waals surface area contributed by atoms with E-state index >= 15 is 0 Å². The zero-order valence-electron chi connectivity index (χ0n) is 19.5. The van der Waals surface area contributed by atoms with E-state index in [0.717, 1.165) is 35.6 Å². The van der Waals surface area contributed by atoms with Gasteiger partial charge in [0.15, 0.2) is 5.01 Å². The van der Waals surface area contributed by atoms with Crippen LogP contribution >= 0.6 is 11.3 Å². The fourth-order valence-corrected chi connectivity index (χ4v) is 5.42. The number of carboxylic acids is 1. The molecule has 3 heterocycles. The molecule has 4 rings (SSSR count). The summed E-state index contributed by atoms with van der Waals surface area (Å²) in [5, 5.41) is 17.8. The predicted molar refractivity (Wildman–Crippen MR) is 128 cm³/mol. The van der Waals surface area contributed by atoms with Crippen molar-refractivity contribution in [2.45, 2.75) is 51.2 Å². The van der Waals surface area contributed by atoms with E-state index in [0.29, 0.717) is 17.8 Å².